The van der Waals surface area contributed by atoms with Crippen LogP contribution in [-0.4, -0.2) is 37.8 Å². The minimum absolute atomic E-state index is 0.0846. The van der Waals surface area contributed by atoms with Crippen LogP contribution in [0.15, 0.2) is 17.3 Å². The molecule has 0 unspecified atom stereocenters. The highest BCUT2D eigenvalue weighted by Crippen LogP contribution is 2.19. The van der Waals surface area contributed by atoms with Crippen molar-refractivity contribution in [2.45, 2.75) is 56.0 Å². The molecule has 1 saturated carbocycles. The Morgan fingerprint density at radius 1 is 1.35 bits per heavy atom. The smallest absolute Gasteiger partial charge is 0.243 e. The number of nitrogens with one attached hydrogen (secondary N) is 2. The summed E-state index contributed by atoms with van der Waals surface area (Å²) in [6.45, 7) is 1.61. The van der Waals surface area contributed by atoms with Crippen LogP contribution < -0.4 is 10.0 Å². The molecular weight excluding hydrogens is 276 g/mol. The van der Waals surface area contributed by atoms with Gasteiger partial charge in [-0.1, -0.05) is 19.3 Å². The van der Waals surface area contributed by atoms with Crippen molar-refractivity contribution in [1.29, 1.82) is 0 Å². The van der Waals surface area contributed by atoms with Gasteiger partial charge in [0.2, 0.25) is 10.0 Å². The quantitative estimate of drug-likeness (QED) is 0.740. The van der Waals surface area contributed by atoms with E-state index in [1.165, 1.54) is 12.6 Å². The van der Waals surface area contributed by atoms with Crippen LogP contribution in [0.4, 0.5) is 0 Å². The van der Waals surface area contributed by atoms with Gasteiger partial charge in [-0.2, -0.15) is 5.10 Å². The lowest BCUT2D eigenvalue weighted by Gasteiger charge is -2.22. The summed E-state index contributed by atoms with van der Waals surface area (Å²) >= 11 is 0. The zero-order valence-corrected chi connectivity index (χ0v) is 12.8. The maximum Gasteiger partial charge on any atom is 0.243 e. The molecule has 114 valence electrons. The van der Waals surface area contributed by atoms with Gasteiger partial charge in [-0.15, -0.1) is 0 Å². The second kappa shape index (κ2) is 7.19. The monoisotopic (exact) mass is 300 g/mol. The van der Waals surface area contributed by atoms with E-state index in [9.17, 15) is 8.42 Å². The molecular formula is C13H24N4O2S. The van der Waals surface area contributed by atoms with Crippen LogP contribution in [0, 0.1) is 0 Å². The molecule has 1 aliphatic carbocycles. The van der Waals surface area contributed by atoms with E-state index in [0.717, 1.165) is 45.2 Å². The van der Waals surface area contributed by atoms with E-state index < -0.39 is 10.0 Å². The van der Waals surface area contributed by atoms with Crippen molar-refractivity contribution in [3.8, 4) is 0 Å². The summed E-state index contributed by atoms with van der Waals surface area (Å²) in [4.78, 5) is 0.271. The maximum atomic E-state index is 12.3. The van der Waals surface area contributed by atoms with Gasteiger partial charge < -0.3 is 5.32 Å². The first kappa shape index (κ1) is 15.5. The lowest BCUT2D eigenvalue weighted by Crippen LogP contribution is -2.36. The molecule has 0 aromatic carbocycles. The Balaban J connectivity index is 1.94. The fourth-order valence-corrected chi connectivity index (χ4v) is 3.79. The first-order chi connectivity index (χ1) is 9.62. The third kappa shape index (κ3) is 4.29. The largest absolute Gasteiger partial charge is 0.320 e. The minimum atomic E-state index is -3.42. The van der Waals surface area contributed by atoms with E-state index in [0.29, 0.717) is 0 Å². The van der Waals surface area contributed by atoms with Crippen molar-refractivity contribution in [1.82, 2.24) is 19.8 Å². The maximum absolute atomic E-state index is 12.3. The predicted octanol–water partition coefficient (Wildman–Crippen LogP) is 1.10. The molecule has 0 bridgehead atoms. The molecule has 1 fully saturated rings. The molecule has 20 heavy (non-hydrogen) atoms. The average Bonchev–Trinajstić information content (AvgIpc) is 2.89. The second-order valence-corrected chi connectivity index (χ2v) is 7.07. The second-order valence-electron chi connectivity index (χ2n) is 5.35. The lowest BCUT2D eigenvalue weighted by atomic mass is 9.96. The van der Waals surface area contributed by atoms with Gasteiger partial charge in [0.1, 0.15) is 4.90 Å². The summed E-state index contributed by atoms with van der Waals surface area (Å²) < 4.78 is 29.0. The van der Waals surface area contributed by atoms with Gasteiger partial charge in [0.05, 0.1) is 6.20 Å². The van der Waals surface area contributed by atoms with E-state index in [1.807, 2.05) is 7.05 Å². The standard InChI is InChI=1S/C13H24N4O2S/c1-14-8-5-9-17-11-13(10-15-17)20(18,19)16-12-6-3-2-4-7-12/h10-12,14,16H,2-9H2,1H3. The number of aryl methyl sites for hydroxylation is 1. The number of hydrogen-bond acceptors (Lipinski definition) is 4. The summed E-state index contributed by atoms with van der Waals surface area (Å²) in [6, 6.07) is 0.0846. The molecule has 6 nitrogen and oxygen atoms in total. The minimum Gasteiger partial charge on any atom is -0.320 e. The fraction of sp³-hybridized carbons (Fsp3) is 0.769. The van der Waals surface area contributed by atoms with Gasteiger partial charge in [0, 0.05) is 18.8 Å². The van der Waals surface area contributed by atoms with E-state index in [-0.39, 0.29) is 10.9 Å². The molecule has 0 saturated heterocycles. The number of sulfonamides is 1. The molecule has 0 spiro atoms. The van der Waals surface area contributed by atoms with Gasteiger partial charge >= 0.3 is 0 Å². The molecule has 0 radical (unpaired) electrons. The van der Waals surface area contributed by atoms with E-state index in [4.69, 9.17) is 0 Å². The normalized spacial score (nSPS) is 17.4. The van der Waals surface area contributed by atoms with Gasteiger partial charge in [0.15, 0.2) is 0 Å². The molecule has 2 N–H and O–H groups in total. The van der Waals surface area contributed by atoms with Gasteiger partial charge in [0.25, 0.3) is 0 Å². The van der Waals surface area contributed by atoms with Crippen molar-refractivity contribution in [2.75, 3.05) is 13.6 Å². The van der Waals surface area contributed by atoms with Crippen LogP contribution in [0.2, 0.25) is 0 Å². The zero-order chi connectivity index (χ0) is 14.4. The van der Waals surface area contributed by atoms with Gasteiger partial charge in [-0.05, 0) is 32.9 Å². The van der Waals surface area contributed by atoms with Crippen LogP contribution in [0.25, 0.3) is 0 Å². The molecule has 0 amide bonds. The third-order valence-electron chi connectivity index (χ3n) is 3.66. The van der Waals surface area contributed by atoms with E-state index >= 15 is 0 Å². The highest BCUT2D eigenvalue weighted by molar-refractivity contribution is 7.89. The van der Waals surface area contributed by atoms with Crippen LogP contribution >= 0.6 is 0 Å². The fourth-order valence-electron chi connectivity index (χ4n) is 2.53. The molecule has 7 heteroatoms. The Labute approximate surface area is 121 Å². The summed E-state index contributed by atoms with van der Waals surface area (Å²) in [7, 11) is -1.52. The van der Waals surface area contributed by atoms with Crippen molar-refractivity contribution < 1.29 is 8.42 Å². The first-order valence-electron chi connectivity index (χ1n) is 7.31. The Hall–Kier alpha value is -0.920. The van der Waals surface area contributed by atoms with Crippen molar-refractivity contribution in [3.63, 3.8) is 0 Å². The van der Waals surface area contributed by atoms with Crippen LogP contribution in [0.1, 0.15) is 38.5 Å². The predicted molar refractivity (Wildman–Crippen MR) is 78.0 cm³/mol. The third-order valence-corrected chi connectivity index (χ3v) is 5.14. The Bertz CT molecular complexity index is 506. The van der Waals surface area contributed by atoms with Crippen LogP contribution in [-0.2, 0) is 16.6 Å². The molecule has 0 aliphatic heterocycles. The van der Waals surface area contributed by atoms with Gasteiger partial charge in [-0.3, -0.25) is 4.68 Å². The van der Waals surface area contributed by atoms with E-state index in [1.54, 1.807) is 10.9 Å². The molecule has 1 aromatic heterocycles. The summed E-state index contributed by atoms with van der Waals surface area (Å²) in [6.07, 6.45) is 9.28. The van der Waals surface area contributed by atoms with E-state index in [2.05, 4.69) is 15.1 Å². The summed E-state index contributed by atoms with van der Waals surface area (Å²) in [5.41, 5.74) is 0. The Kier molecular flexibility index (Phi) is 5.56. The van der Waals surface area contributed by atoms with Crippen molar-refractivity contribution >= 4 is 10.0 Å². The molecule has 1 aromatic rings. The lowest BCUT2D eigenvalue weighted by molar-refractivity contribution is 0.412. The van der Waals surface area contributed by atoms with Gasteiger partial charge in [-0.25, -0.2) is 13.1 Å². The Morgan fingerprint density at radius 2 is 2.10 bits per heavy atom. The van der Waals surface area contributed by atoms with Crippen LogP contribution in [0.3, 0.4) is 0 Å². The molecule has 0 atom stereocenters. The first-order valence-corrected chi connectivity index (χ1v) is 8.79. The van der Waals surface area contributed by atoms with Crippen LogP contribution in [0.5, 0.6) is 0 Å². The molecule has 1 aliphatic rings. The number of hydrogen-bond donors (Lipinski definition) is 2. The SMILES string of the molecule is CNCCCn1cc(S(=O)(=O)NC2CCCCC2)cn1. The highest BCUT2D eigenvalue weighted by atomic mass is 32.2. The topological polar surface area (TPSA) is 76.0 Å². The Morgan fingerprint density at radius 3 is 2.80 bits per heavy atom. The highest BCUT2D eigenvalue weighted by Gasteiger charge is 2.22. The zero-order valence-electron chi connectivity index (χ0n) is 12.0. The number of nitrogens with zero attached hydrogens (tertiary/aromatic N) is 2. The summed E-state index contributed by atoms with van der Waals surface area (Å²) in [5, 5.41) is 7.17. The number of rotatable bonds is 7. The average molecular weight is 300 g/mol. The number of aromatic nitrogens is 2. The van der Waals surface area contributed by atoms with Crippen molar-refractivity contribution in [2.24, 2.45) is 0 Å². The molecule has 2 rings (SSSR count). The molecule has 1 heterocycles. The van der Waals surface area contributed by atoms with Crippen molar-refractivity contribution in [3.05, 3.63) is 12.4 Å². The summed E-state index contributed by atoms with van der Waals surface area (Å²) in [5.74, 6) is 0.